The summed E-state index contributed by atoms with van der Waals surface area (Å²) in [6, 6.07) is 10.5. The molecule has 1 amide bonds. The molecular weight excluding hydrogens is 333 g/mol. The summed E-state index contributed by atoms with van der Waals surface area (Å²) in [5, 5.41) is 12.0. The third kappa shape index (κ3) is 3.52. The minimum atomic E-state index is -1.02. The van der Waals surface area contributed by atoms with Gasteiger partial charge in [0, 0.05) is 16.8 Å². The molecule has 134 valence electrons. The number of halogens is 1. The first-order chi connectivity index (χ1) is 12.4. The third-order valence-electron chi connectivity index (χ3n) is 4.72. The van der Waals surface area contributed by atoms with E-state index >= 15 is 0 Å². The summed E-state index contributed by atoms with van der Waals surface area (Å²) in [5.41, 5.74) is 4.46. The lowest BCUT2D eigenvalue weighted by Crippen LogP contribution is -2.17. The highest BCUT2D eigenvalue weighted by atomic mass is 19.1. The monoisotopic (exact) mass is 353 g/mol. The largest absolute Gasteiger partial charge is 0.478 e. The molecule has 0 aromatic heterocycles. The SMILES string of the molecule is Cc1cc(-c2ccc(NC(=O)C3=C(C(=O)O)CCC3)c(C)c2)ccc1F. The van der Waals surface area contributed by atoms with Crippen molar-refractivity contribution in [2.75, 3.05) is 5.32 Å². The van der Waals surface area contributed by atoms with Gasteiger partial charge >= 0.3 is 5.97 Å². The Morgan fingerprint density at radius 3 is 2.19 bits per heavy atom. The quantitative estimate of drug-likeness (QED) is 0.843. The average molecular weight is 353 g/mol. The van der Waals surface area contributed by atoms with Gasteiger partial charge in [-0.05, 0) is 79.6 Å². The van der Waals surface area contributed by atoms with Crippen LogP contribution in [0.25, 0.3) is 11.1 Å². The zero-order valence-electron chi connectivity index (χ0n) is 14.7. The number of carboxylic acid groups (broad SMARTS) is 1. The van der Waals surface area contributed by atoms with Gasteiger partial charge in [-0.2, -0.15) is 0 Å². The Morgan fingerprint density at radius 2 is 1.58 bits per heavy atom. The molecule has 4 nitrogen and oxygen atoms in total. The Bertz CT molecular complexity index is 931. The summed E-state index contributed by atoms with van der Waals surface area (Å²) in [4.78, 5) is 23.7. The Morgan fingerprint density at radius 1 is 0.962 bits per heavy atom. The lowest BCUT2D eigenvalue weighted by atomic mass is 10.0. The zero-order valence-corrected chi connectivity index (χ0v) is 14.7. The van der Waals surface area contributed by atoms with Gasteiger partial charge in [-0.3, -0.25) is 4.79 Å². The number of carboxylic acids is 1. The molecule has 1 aliphatic rings. The predicted octanol–water partition coefficient (Wildman–Crippen LogP) is 4.61. The van der Waals surface area contributed by atoms with E-state index in [-0.39, 0.29) is 17.3 Å². The maximum atomic E-state index is 13.4. The van der Waals surface area contributed by atoms with Crippen molar-refractivity contribution in [3.63, 3.8) is 0 Å². The van der Waals surface area contributed by atoms with Crippen LogP contribution >= 0.6 is 0 Å². The number of carbonyl (C=O) groups excluding carboxylic acids is 1. The van der Waals surface area contributed by atoms with Crippen molar-refractivity contribution >= 4 is 17.6 Å². The summed E-state index contributed by atoms with van der Waals surface area (Å²) >= 11 is 0. The minimum Gasteiger partial charge on any atom is -0.478 e. The van der Waals surface area contributed by atoms with Gasteiger partial charge in [0.15, 0.2) is 0 Å². The number of aliphatic carboxylic acids is 1. The molecule has 0 saturated heterocycles. The van der Waals surface area contributed by atoms with Crippen LogP contribution in [0.5, 0.6) is 0 Å². The maximum Gasteiger partial charge on any atom is 0.332 e. The van der Waals surface area contributed by atoms with E-state index in [1.54, 1.807) is 25.1 Å². The van der Waals surface area contributed by atoms with Crippen molar-refractivity contribution in [1.29, 1.82) is 0 Å². The number of nitrogens with one attached hydrogen (secondary N) is 1. The second-order valence-corrected chi connectivity index (χ2v) is 6.56. The summed E-state index contributed by atoms with van der Waals surface area (Å²) in [5.74, 6) is -1.62. The first-order valence-corrected chi connectivity index (χ1v) is 8.50. The van der Waals surface area contributed by atoms with Crippen LogP contribution in [0.1, 0.15) is 30.4 Å². The van der Waals surface area contributed by atoms with Crippen LogP contribution in [0.4, 0.5) is 10.1 Å². The fourth-order valence-corrected chi connectivity index (χ4v) is 3.24. The number of amides is 1. The van der Waals surface area contributed by atoms with Gasteiger partial charge < -0.3 is 10.4 Å². The molecule has 0 heterocycles. The molecular formula is C21H20FNO3. The van der Waals surface area contributed by atoms with Crippen LogP contribution in [0.2, 0.25) is 0 Å². The Balaban J connectivity index is 1.84. The van der Waals surface area contributed by atoms with Gasteiger partial charge in [0.25, 0.3) is 5.91 Å². The van der Waals surface area contributed by atoms with Crippen molar-refractivity contribution in [1.82, 2.24) is 0 Å². The first-order valence-electron chi connectivity index (χ1n) is 8.50. The predicted molar refractivity (Wildman–Crippen MR) is 98.5 cm³/mol. The lowest BCUT2D eigenvalue weighted by molar-refractivity contribution is -0.133. The smallest absolute Gasteiger partial charge is 0.332 e. The van der Waals surface area contributed by atoms with Crippen molar-refractivity contribution < 1.29 is 19.1 Å². The lowest BCUT2D eigenvalue weighted by Gasteiger charge is -2.12. The topological polar surface area (TPSA) is 66.4 Å². The van der Waals surface area contributed by atoms with E-state index in [9.17, 15) is 19.1 Å². The number of anilines is 1. The van der Waals surface area contributed by atoms with Gasteiger partial charge in [-0.1, -0.05) is 12.1 Å². The van der Waals surface area contributed by atoms with Gasteiger partial charge in [-0.15, -0.1) is 0 Å². The molecule has 26 heavy (non-hydrogen) atoms. The molecule has 0 bridgehead atoms. The molecule has 0 spiro atoms. The number of benzene rings is 2. The highest BCUT2D eigenvalue weighted by Crippen LogP contribution is 2.29. The summed E-state index contributed by atoms with van der Waals surface area (Å²) in [6.45, 7) is 3.59. The van der Waals surface area contributed by atoms with E-state index in [4.69, 9.17) is 0 Å². The summed E-state index contributed by atoms with van der Waals surface area (Å²) < 4.78 is 13.4. The Kier molecular flexibility index (Phi) is 4.89. The highest BCUT2D eigenvalue weighted by molar-refractivity contribution is 6.09. The van der Waals surface area contributed by atoms with E-state index in [0.717, 1.165) is 16.7 Å². The summed E-state index contributed by atoms with van der Waals surface area (Å²) in [6.07, 6.45) is 1.60. The maximum absolute atomic E-state index is 13.4. The Hall–Kier alpha value is -2.95. The molecule has 0 radical (unpaired) electrons. The minimum absolute atomic E-state index is 0.207. The molecule has 3 rings (SSSR count). The zero-order chi connectivity index (χ0) is 18.8. The summed E-state index contributed by atoms with van der Waals surface area (Å²) in [7, 11) is 0. The fraction of sp³-hybridized carbons (Fsp3) is 0.238. The molecule has 2 aromatic rings. The van der Waals surface area contributed by atoms with Crippen molar-refractivity contribution in [2.45, 2.75) is 33.1 Å². The van der Waals surface area contributed by atoms with Crippen molar-refractivity contribution in [3.8, 4) is 11.1 Å². The van der Waals surface area contributed by atoms with Crippen LogP contribution in [0.3, 0.4) is 0 Å². The van der Waals surface area contributed by atoms with E-state index in [1.165, 1.54) is 6.07 Å². The number of aryl methyl sites for hydroxylation is 2. The molecule has 0 atom stereocenters. The molecule has 1 aliphatic carbocycles. The molecule has 0 aliphatic heterocycles. The molecule has 0 unspecified atom stereocenters. The van der Waals surface area contributed by atoms with Crippen molar-refractivity contribution in [3.05, 3.63) is 64.5 Å². The normalized spacial score (nSPS) is 13.8. The second-order valence-electron chi connectivity index (χ2n) is 6.56. The van der Waals surface area contributed by atoms with Crippen LogP contribution in [-0.4, -0.2) is 17.0 Å². The molecule has 2 aromatic carbocycles. The highest BCUT2D eigenvalue weighted by Gasteiger charge is 2.25. The third-order valence-corrected chi connectivity index (χ3v) is 4.72. The standard InChI is InChI=1S/C21H20FNO3/c1-12-10-14(6-8-18(12)22)15-7-9-19(13(2)11-15)23-20(24)16-4-3-5-17(16)21(25)26/h6-11H,3-5H2,1-2H3,(H,23,24)(H,25,26). The first kappa shape index (κ1) is 17.9. The van der Waals surface area contributed by atoms with Gasteiger partial charge in [0.05, 0.1) is 0 Å². The molecule has 0 fully saturated rings. The van der Waals surface area contributed by atoms with Crippen LogP contribution in [0.15, 0.2) is 47.5 Å². The average Bonchev–Trinajstić information content (AvgIpc) is 3.09. The van der Waals surface area contributed by atoms with Crippen LogP contribution < -0.4 is 5.32 Å². The molecule has 5 heteroatoms. The van der Waals surface area contributed by atoms with Crippen LogP contribution in [-0.2, 0) is 9.59 Å². The second kappa shape index (κ2) is 7.12. The number of hydrogen-bond acceptors (Lipinski definition) is 2. The Labute approximate surface area is 151 Å². The van der Waals surface area contributed by atoms with E-state index < -0.39 is 5.97 Å². The van der Waals surface area contributed by atoms with E-state index in [1.807, 2.05) is 19.1 Å². The van der Waals surface area contributed by atoms with Crippen molar-refractivity contribution in [2.24, 2.45) is 0 Å². The molecule has 2 N–H and O–H groups in total. The fourth-order valence-electron chi connectivity index (χ4n) is 3.24. The van der Waals surface area contributed by atoms with E-state index in [0.29, 0.717) is 36.1 Å². The van der Waals surface area contributed by atoms with Gasteiger partial charge in [0.2, 0.25) is 0 Å². The van der Waals surface area contributed by atoms with E-state index in [2.05, 4.69) is 5.32 Å². The van der Waals surface area contributed by atoms with Gasteiger partial charge in [0.1, 0.15) is 5.82 Å². The number of rotatable bonds is 4. The van der Waals surface area contributed by atoms with Crippen LogP contribution in [0, 0.1) is 19.7 Å². The van der Waals surface area contributed by atoms with Gasteiger partial charge in [-0.25, -0.2) is 9.18 Å². The number of carbonyl (C=O) groups is 2. The molecule has 0 saturated carbocycles. The number of hydrogen-bond donors (Lipinski definition) is 2.